The zero-order valence-corrected chi connectivity index (χ0v) is 12.2. The van der Waals surface area contributed by atoms with Crippen LogP contribution in [0.4, 0.5) is 17.8 Å². The minimum atomic E-state index is -0.865. The highest BCUT2D eigenvalue weighted by atomic mass is 32.2. The van der Waals surface area contributed by atoms with Crippen molar-refractivity contribution in [2.45, 2.75) is 12.2 Å². The molecule has 0 amide bonds. The van der Waals surface area contributed by atoms with Crippen LogP contribution in [-0.4, -0.2) is 58.4 Å². The lowest BCUT2D eigenvalue weighted by Crippen LogP contribution is -2.23. The van der Waals surface area contributed by atoms with E-state index in [0.717, 1.165) is 0 Å². The summed E-state index contributed by atoms with van der Waals surface area (Å²) in [6.07, 6.45) is 1.68. The van der Waals surface area contributed by atoms with Crippen molar-refractivity contribution >= 4 is 28.6 Å². The van der Waals surface area contributed by atoms with Crippen LogP contribution in [0.1, 0.15) is 6.92 Å². The first-order chi connectivity index (χ1) is 8.43. The Morgan fingerprint density at radius 3 is 2.39 bits per heavy atom. The van der Waals surface area contributed by atoms with Gasteiger partial charge in [0.25, 0.3) is 0 Å². The van der Waals surface area contributed by atoms with E-state index in [1.165, 1.54) is 0 Å². The Kier molecular flexibility index (Phi) is 5.26. The molecule has 0 saturated heterocycles. The summed E-state index contributed by atoms with van der Waals surface area (Å²) in [5.41, 5.74) is 0. The number of nitrogens with zero attached hydrogens (tertiary/aromatic N) is 4. The predicted molar refractivity (Wildman–Crippen MR) is 75.7 cm³/mol. The molecule has 0 bridgehead atoms. The van der Waals surface area contributed by atoms with Crippen LogP contribution in [0.2, 0.25) is 0 Å². The van der Waals surface area contributed by atoms with Gasteiger partial charge in [-0.2, -0.15) is 15.0 Å². The summed E-state index contributed by atoms with van der Waals surface area (Å²) < 4.78 is 11.3. The minimum absolute atomic E-state index is 0.0441. The molecular weight excluding hydrogens is 252 g/mol. The van der Waals surface area contributed by atoms with E-state index in [-0.39, 0.29) is 5.25 Å². The van der Waals surface area contributed by atoms with Gasteiger partial charge in [-0.1, -0.05) is 0 Å². The molecule has 2 atom stereocenters. The Morgan fingerprint density at radius 2 is 1.89 bits per heavy atom. The Labute approximate surface area is 110 Å². The third-order valence-corrected chi connectivity index (χ3v) is 3.66. The Morgan fingerprint density at radius 1 is 1.28 bits per heavy atom. The van der Waals surface area contributed by atoms with E-state index in [4.69, 9.17) is 0 Å². The highest BCUT2D eigenvalue weighted by Gasteiger charge is 2.10. The number of aromatic nitrogens is 3. The smallest absolute Gasteiger partial charge is 0.231 e. The second-order valence-electron chi connectivity index (χ2n) is 4.12. The fourth-order valence-electron chi connectivity index (χ4n) is 1.11. The van der Waals surface area contributed by atoms with Gasteiger partial charge < -0.3 is 15.5 Å². The lowest BCUT2D eigenvalue weighted by molar-refractivity contribution is 0.678. The van der Waals surface area contributed by atoms with Crippen molar-refractivity contribution in [3.8, 4) is 0 Å². The van der Waals surface area contributed by atoms with E-state index in [0.29, 0.717) is 24.4 Å². The molecule has 0 radical (unpaired) electrons. The topological polar surface area (TPSA) is 83.0 Å². The average molecular weight is 272 g/mol. The normalized spacial score (nSPS) is 13.8. The summed E-state index contributed by atoms with van der Waals surface area (Å²) in [5, 5.41) is 6.00. The summed E-state index contributed by atoms with van der Waals surface area (Å²) in [4.78, 5) is 14.5. The molecule has 2 unspecified atom stereocenters. The van der Waals surface area contributed by atoms with Crippen LogP contribution < -0.4 is 15.5 Å². The fourth-order valence-corrected chi connectivity index (χ4v) is 1.43. The number of rotatable bonds is 6. The van der Waals surface area contributed by atoms with Gasteiger partial charge in [0.15, 0.2) is 0 Å². The van der Waals surface area contributed by atoms with Gasteiger partial charge in [0.05, 0.1) is 0 Å². The van der Waals surface area contributed by atoms with Crippen LogP contribution in [0.25, 0.3) is 0 Å². The van der Waals surface area contributed by atoms with Crippen LogP contribution in [0, 0.1) is 0 Å². The van der Waals surface area contributed by atoms with Crippen molar-refractivity contribution in [3.05, 3.63) is 0 Å². The molecule has 0 saturated carbocycles. The molecule has 0 spiro atoms. The van der Waals surface area contributed by atoms with Gasteiger partial charge >= 0.3 is 0 Å². The average Bonchev–Trinajstić information content (AvgIpc) is 2.35. The van der Waals surface area contributed by atoms with Crippen LogP contribution in [0.3, 0.4) is 0 Å². The summed E-state index contributed by atoms with van der Waals surface area (Å²) in [5.74, 6) is 1.55. The molecule has 8 heteroatoms. The fraction of sp³-hybridized carbons (Fsp3) is 0.700. The van der Waals surface area contributed by atoms with Gasteiger partial charge in [0.2, 0.25) is 17.8 Å². The van der Waals surface area contributed by atoms with Crippen molar-refractivity contribution in [2.24, 2.45) is 0 Å². The first kappa shape index (κ1) is 14.6. The van der Waals surface area contributed by atoms with Crippen molar-refractivity contribution in [1.29, 1.82) is 0 Å². The number of nitrogens with one attached hydrogen (secondary N) is 2. The van der Waals surface area contributed by atoms with Gasteiger partial charge in [-0.25, -0.2) is 0 Å². The Hall–Kier alpha value is -1.44. The molecule has 18 heavy (non-hydrogen) atoms. The zero-order valence-electron chi connectivity index (χ0n) is 11.4. The standard InChI is InChI=1S/C10H20N6OS/c1-7(18(5)17)6-12-9-13-8(11-2)14-10(15-9)16(3)4/h7H,6H2,1-5H3,(H2,11,12,13,14,15). The highest BCUT2D eigenvalue weighted by Crippen LogP contribution is 2.11. The summed E-state index contributed by atoms with van der Waals surface area (Å²) in [6.45, 7) is 2.47. The first-order valence-electron chi connectivity index (χ1n) is 5.61. The van der Waals surface area contributed by atoms with E-state index in [2.05, 4.69) is 25.6 Å². The van der Waals surface area contributed by atoms with E-state index in [9.17, 15) is 4.21 Å². The molecule has 1 aromatic heterocycles. The molecule has 0 aliphatic carbocycles. The minimum Gasteiger partial charge on any atom is -0.357 e. The van der Waals surface area contributed by atoms with Crippen LogP contribution in [0.15, 0.2) is 0 Å². The zero-order chi connectivity index (χ0) is 13.7. The molecule has 0 aliphatic heterocycles. The van der Waals surface area contributed by atoms with E-state index < -0.39 is 10.8 Å². The van der Waals surface area contributed by atoms with Crippen molar-refractivity contribution < 1.29 is 4.21 Å². The van der Waals surface area contributed by atoms with Gasteiger partial charge in [0.1, 0.15) is 0 Å². The number of hydrogen-bond donors (Lipinski definition) is 2. The second kappa shape index (κ2) is 6.48. The molecule has 1 aromatic rings. The molecule has 2 N–H and O–H groups in total. The maximum absolute atomic E-state index is 11.3. The van der Waals surface area contributed by atoms with Crippen LogP contribution in [0.5, 0.6) is 0 Å². The maximum atomic E-state index is 11.3. The Bertz CT molecular complexity index is 425. The Balaban J connectivity index is 2.81. The monoisotopic (exact) mass is 272 g/mol. The summed E-state index contributed by atoms with van der Waals surface area (Å²) >= 11 is 0. The third kappa shape index (κ3) is 4.10. The van der Waals surface area contributed by atoms with Crippen molar-refractivity contribution in [3.63, 3.8) is 0 Å². The van der Waals surface area contributed by atoms with Crippen LogP contribution >= 0.6 is 0 Å². The molecular formula is C10H20N6OS. The van der Waals surface area contributed by atoms with Gasteiger partial charge in [-0.05, 0) is 6.92 Å². The van der Waals surface area contributed by atoms with Crippen molar-refractivity contribution in [2.75, 3.05) is 49.5 Å². The SMILES string of the molecule is CNc1nc(NCC(C)S(C)=O)nc(N(C)C)n1. The highest BCUT2D eigenvalue weighted by molar-refractivity contribution is 7.84. The van der Waals surface area contributed by atoms with Gasteiger partial charge in [0, 0.05) is 50.0 Å². The largest absolute Gasteiger partial charge is 0.357 e. The molecule has 0 aliphatic rings. The van der Waals surface area contributed by atoms with Gasteiger partial charge in [-0.3, -0.25) is 4.21 Å². The van der Waals surface area contributed by atoms with Crippen molar-refractivity contribution in [1.82, 2.24) is 15.0 Å². The maximum Gasteiger partial charge on any atom is 0.231 e. The number of anilines is 3. The van der Waals surface area contributed by atoms with E-state index in [1.54, 1.807) is 18.2 Å². The molecule has 7 nitrogen and oxygen atoms in total. The molecule has 102 valence electrons. The predicted octanol–water partition coefficient (Wildman–Crippen LogP) is 0.158. The molecule has 1 heterocycles. The lowest BCUT2D eigenvalue weighted by Gasteiger charge is -2.14. The lowest BCUT2D eigenvalue weighted by atomic mass is 10.5. The summed E-state index contributed by atoms with van der Waals surface area (Å²) in [6, 6.07) is 0. The quantitative estimate of drug-likeness (QED) is 0.763. The third-order valence-electron chi connectivity index (χ3n) is 2.36. The first-order valence-corrected chi connectivity index (χ1v) is 7.23. The molecule has 0 fully saturated rings. The molecule has 1 rings (SSSR count). The van der Waals surface area contributed by atoms with Crippen LogP contribution in [-0.2, 0) is 10.8 Å². The summed E-state index contributed by atoms with van der Waals surface area (Å²) in [7, 11) is 4.61. The van der Waals surface area contributed by atoms with E-state index in [1.807, 2.05) is 21.0 Å². The second-order valence-corrected chi connectivity index (χ2v) is 5.92. The van der Waals surface area contributed by atoms with E-state index >= 15 is 0 Å². The number of hydrogen-bond acceptors (Lipinski definition) is 7. The molecule has 0 aromatic carbocycles. The van der Waals surface area contributed by atoms with Gasteiger partial charge in [-0.15, -0.1) is 0 Å².